The Bertz CT molecular complexity index is 898. The average Bonchev–Trinajstić information content (AvgIpc) is 3.08. The monoisotopic (exact) mass is 725 g/mol. The van der Waals surface area contributed by atoms with Gasteiger partial charge < -0.3 is 28.5 Å². The first-order chi connectivity index (χ1) is 24.6. The summed E-state index contributed by atoms with van der Waals surface area (Å²) in [5, 5.41) is 9.60. The molecule has 0 saturated heterocycles. The smallest absolute Gasteiger partial charge is 0.361 e. The highest BCUT2D eigenvalue weighted by Gasteiger charge is 2.25. The van der Waals surface area contributed by atoms with E-state index < -0.39 is 24.3 Å². The number of ether oxygens (including phenoxy) is 4. The lowest BCUT2D eigenvalue weighted by molar-refractivity contribution is -0.870. The van der Waals surface area contributed by atoms with E-state index in [-0.39, 0.29) is 32.2 Å². The minimum absolute atomic E-state index is 0.184. The van der Waals surface area contributed by atoms with Crippen molar-refractivity contribution >= 4 is 17.9 Å². The lowest BCUT2D eigenvalue weighted by Crippen LogP contribution is -2.40. The molecule has 51 heavy (non-hydrogen) atoms. The zero-order chi connectivity index (χ0) is 37.8. The number of nitrogens with zero attached hydrogens (tertiary/aromatic N) is 1. The normalized spacial score (nSPS) is 13.2. The summed E-state index contributed by atoms with van der Waals surface area (Å²) in [6, 6.07) is 0. The SMILES string of the molecule is CCCC/C=C\C/C=C\CCCCCCCC(=O)OC(COC(=O)CCCCCCCCCCCCCC)COC(OCC[N+](C)(C)C)C(=O)O. The number of aliphatic carboxylic acids is 1. The van der Waals surface area contributed by atoms with E-state index in [9.17, 15) is 19.5 Å². The van der Waals surface area contributed by atoms with Gasteiger partial charge in [0.2, 0.25) is 0 Å². The van der Waals surface area contributed by atoms with Gasteiger partial charge in [0.25, 0.3) is 6.29 Å². The maximum Gasteiger partial charge on any atom is 0.361 e. The van der Waals surface area contributed by atoms with Gasteiger partial charge >= 0.3 is 17.9 Å². The molecule has 0 radical (unpaired) electrons. The van der Waals surface area contributed by atoms with E-state index in [1.165, 1.54) is 70.6 Å². The first-order valence-corrected chi connectivity index (χ1v) is 20.5. The number of unbranched alkanes of at least 4 members (excludes halogenated alkanes) is 18. The molecule has 9 heteroatoms. The third kappa shape index (κ3) is 35.9. The molecule has 0 saturated carbocycles. The zero-order valence-corrected chi connectivity index (χ0v) is 33.5. The molecule has 0 heterocycles. The molecule has 0 aromatic heterocycles. The van der Waals surface area contributed by atoms with Gasteiger partial charge in [0.15, 0.2) is 6.10 Å². The molecular formula is C42H78NO8+. The first kappa shape index (κ1) is 48.8. The van der Waals surface area contributed by atoms with Crippen molar-refractivity contribution in [3.8, 4) is 0 Å². The van der Waals surface area contributed by atoms with Gasteiger partial charge in [0.05, 0.1) is 34.4 Å². The number of esters is 2. The molecule has 9 nitrogen and oxygen atoms in total. The van der Waals surface area contributed by atoms with Gasteiger partial charge in [-0.15, -0.1) is 0 Å². The van der Waals surface area contributed by atoms with Crippen molar-refractivity contribution in [3.63, 3.8) is 0 Å². The maximum atomic E-state index is 12.7. The Morgan fingerprint density at radius 2 is 1.08 bits per heavy atom. The Balaban J connectivity index is 4.52. The van der Waals surface area contributed by atoms with Gasteiger partial charge in [-0.3, -0.25) is 9.59 Å². The molecule has 0 amide bonds. The van der Waals surface area contributed by atoms with Crippen molar-refractivity contribution in [2.75, 3.05) is 47.5 Å². The van der Waals surface area contributed by atoms with Gasteiger partial charge in [-0.1, -0.05) is 141 Å². The van der Waals surface area contributed by atoms with Crippen molar-refractivity contribution in [2.45, 2.75) is 180 Å². The molecular weight excluding hydrogens is 646 g/mol. The lowest BCUT2D eigenvalue weighted by Gasteiger charge is -2.25. The number of carbonyl (C=O) groups is 3. The molecule has 1 N–H and O–H groups in total. The molecule has 0 aliphatic carbocycles. The van der Waals surface area contributed by atoms with E-state index in [1.807, 2.05) is 21.1 Å². The number of hydrogen-bond donors (Lipinski definition) is 1. The third-order valence-corrected chi connectivity index (χ3v) is 8.71. The van der Waals surface area contributed by atoms with Crippen LogP contribution in [-0.2, 0) is 33.3 Å². The van der Waals surface area contributed by atoms with E-state index in [4.69, 9.17) is 18.9 Å². The Labute approximate surface area is 312 Å². The highest BCUT2D eigenvalue weighted by atomic mass is 16.7. The summed E-state index contributed by atoms with van der Waals surface area (Å²) >= 11 is 0. The molecule has 0 aromatic rings. The van der Waals surface area contributed by atoms with Crippen LogP contribution in [0.4, 0.5) is 0 Å². The van der Waals surface area contributed by atoms with Crippen molar-refractivity contribution in [3.05, 3.63) is 24.3 Å². The quantitative estimate of drug-likeness (QED) is 0.0222. The van der Waals surface area contributed by atoms with E-state index in [0.29, 0.717) is 23.9 Å². The number of carboxylic acids is 1. The zero-order valence-electron chi connectivity index (χ0n) is 33.5. The van der Waals surface area contributed by atoms with Crippen LogP contribution >= 0.6 is 0 Å². The predicted octanol–water partition coefficient (Wildman–Crippen LogP) is 10.1. The fraction of sp³-hybridized carbons (Fsp3) is 0.833. The number of rotatable bonds is 37. The summed E-state index contributed by atoms with van der Waals surface area (Å²) in [6.45, 7) is 4.80. The van der Waals surface area contributed by atoms with Gasteiger partial charge in [-0.25, -0.2) is 4.79 Å². The molecule has 0 rings (SSSR count). The molecule has 0 aliphatic heterocycles. The molecule has 0 bridgehead atoms. The molecule has 298 valence electrons. The Morgan fingerprint density at radius 3 is 1.61 bits per heavy atom. The Morgan fingerprint density at radius 1 is 0.588 bits per heavy atom. The number of quaternary nitrogens is 1. The molecule has 0 aromatic carbocycles. The van der Waals surface area contributed by atoms with Crippen LogP contribution in [0.1, 0.15) is 168 Å². The second kappa shape index (κ2) is 34.8. The second-order valence-electron chi connectivity index (χ2n) is 14.9. The van der Waals surface area contributed by atoms with E-state index in [0.717, 1.165) is 64.2 Å². The molecule has 2 unspecified atom stereocenters. The summed E-state index contributed by atoms with van der Waals surface area (Å²) in [5.74, 6) is -2.02. The molecule has 0 fully saturated rings. The second-order valence-corrected chi connectivity index (χ2v) is 14.9. The average molecular weight is 725 g/mol. The summed E-state index contributed by atoms with van der Waals surface area (Å²) in [4.78, 5) is 36.9. The fourth-order valence-corrected chi connectivity index (χ4v) is 5.44. The van der Waals surface area contributed by atoms with Gasteiger partial charge in [0, 0.05) is 12.8 Å². The highest BCUT2D eigenvalue weighted by Crippen LogP contribution is 2.14. The van der Waals surface area contributed by atoms with Gasteiger partial charge in [-0.05, 0) is 38.5 Å². The topological polar surface area (TPSA) is 108 Å². The standard InChI is InChI=1S/C42H77NO8/c1-6-8-10-12-14-16-18-20-21-23-25-27-29-31-33-40(45)51-38(37-50-42(41(46)47)48-35-34-43(3,4)5)36-49-39(44)32-30-28-26-24-22-19-17-15-13-11-9-7-2/h12,14,18,20,38,42H,6-11,13,15-17,19,21-37H2,1-5H3/p+1/b14-12-,20-18-. The van der Waals surface area contributed by atoms with Gasteiger partial charge in [0.1, 0.15) is 13.2 Å². The van der Waals surface area contributed by atoms with Gasteiger partial charge in [-0.2, -0.15) is 0 Å². The minimum Gasteiger partial charge on any atom is -0.477 e. The van der Waals surface area contributed by atoms with Crippen LogP contribution in [-0.4, -0.2) is 87.4 Å². The van der Waals surface area contributed by atoms with Crippen molar-refractivity contribution in [1.82, 2.24) is 0 Å². The van der Waals surface area contributed by atoms with Crippen LogP contribution in [0.3, 0.4) is 0 Å². The summed E-state index contributed by atoms with van der Waals surface area (Å²) < 4.78 is 22.6. The fourth-order valence-electron chi connectivity index (χ4n) is 5.44. The molecule has 0 aliphatic rings. The summed E-state index contributed by atoms with van der Waals surface area (Å²) in [7, 11) is 5.94. The van der Waals surface area contributed by atoms with Crippen LogP contribution in [0.5, 0.6) is 0 Å². The highest BCUT2D eigenvalue weighted by molar-refractivity contribution is 5.71. The third-order valence-electron chi connectivity index (χ3n) is 8.71. The Kier molecular flexibility index (Phi) is 33.3. The van der Waals surface area contributed by atoms with Crippen molar-refractivity contribution in [1.29, 1.82) is 0 Å². The van der Waals surface area contributed by atoms with Crippen LogP contribution in [0.2, 0.25) is 0 Å². The minimum atomic E-state index is -1.51. The summed E-state index contributed by atoms with van der Waals surface area (Å²) in [6.07, 6.45) is 32.3. The number of likely N-dealkylation sites (N-methyl/N-ethyl adjacent to an activating group) is 1. The maximum absolute atomic E-state index is 12.7. The lowest BCUT2D eigenvalue weighted by atomic mass is 10.0. The van der Waals surface area contributed by atoms with E-state index in [1.54, 1.807) is 0 Å². The van der Waals surface area contributed by atoms with Crippen LogP contribution < -0.4 is 0 Å². The molecule has 2 atom stereocenters. The number of carbonyl (C=O) groups excluding carboxylic acids is 2. The predicted molar refractivity (Wildman–Crippen MR) is 208 cm³/mol. The number of carboxylic acid groups (broad SMARTS) is 1. The summed E-state index contributed by atoms with van der Waals surface area (Å²) in [5.41, 5.74) is 0. The largest absolute Gasteiger partial charge is 0.477 e. The van der Waals surface area contributed by atoms with Crippen LogP contribution in [0, 0.1) is 0 Å². The Hall–Kier alpha value is -2.23. The first-order valence-electron chi connectivity index (χ1n) is 20.5. The van der Waals surface area contributed by atoms with Crippen molar-refractivity contribution < 1.29 is 42.9 Å². The van der Waals surface area contributed by atoms with Crippen LogP contribution in [0.25, 0.3) is 0 Å². The van der Waals surface area contributed by atoms with Crippen LogP contribution in [0.15, 0.2) is 24.3 Å². The molecule has 0 spiro atoms. The van der Waals surface area contributed by atoms with E-state index >= 15 is 0 Å². The number of allylic oxidation sites excluding steroid dienone is 4. The number of hydrogen-bond acceptors (Lipinski definition) is 7. The van der Waals surface area contributed by atoms with Crippen molar-refractivity contribution in [2.24, 2.45) is 0 Å². The van der Waals surface area contributed by atoms with E-state index in [2.05, 4.69) is 38.2 Å².